The summed E-state index contributed by atoms with van der Waals surface area (Å²) in [5.41, 5.74) is 7.98. The molecule has 0 spiro atoms. The molecule has 0 aromatic heterocycles. The minimum absolute atomic E-state index is 0.126. The van der Waals surface area contributed by atoms with Crippen LogP contribution in [0.2, 0.25) is 0 Å². The molecule has 1 aromatic rings. The van der Waals surface area contributed by atoms with Crippen LogP contribution in [-0.4, -0.2) is 30.4 Å². The second-order valence-electron chi connectivity index (χ2n) is 4.53. The van der Waals surface area contributed by atoms with Crippen LogP contribution in [0.1, 0.15) is 34.3 Å². The summed E-state index contributed by atoms with van der Waals surface area (Å²) in [7, 11) is 0. The molecule has 1 aliphatic heterocycles. The largest absolute Gasteiger partial charge is 0.339 e. The highest BCUT2D eigenvalue weighted by molar-refractivity contribution is 5.96. The fraction of sp³-hybridized carbons (Fsp3) is 0.400. The van der Waals surface area contributed by atoms with Crippen molar-refractivity contribution in [3.63, 3.8) is 0 Å². The molecule has 18 heavy (non-hydrogen) atoms. The summed E-state index contributed by atoms with van der Waals surface area (Å²) >= 11 is 0. The van der Waals surface area contributed by atoms with Crippen molar-refractivity contribution in [1.29, 1.82) is 0 Å². The summed E-state index contributed by atoms with van der Waals surface area (Å²) in [5, 5.41) is 0. The van der Waals surface area contributed by atoms with Gasteiger partial charge in [-0.3, -0.25) is 4.79 Å². The molecular formula is C15H18N2O. The van der Waals surface area contributed by atoms with Gasteiger partial charge in [0.05, 0.1) is 6.54 Å². The average molecular weight is 242 g/mol. The molecule has 3 heteroatoms. The maximum atomic E-state index is 12.3. The molecule has 1 fully saturated rings. The number of carbonyl (C=O) groups excluding carboxylic acids is 1. The van der Waals surface area contributed by atoms with E-state index in [1.807, 2.05) is 30.0 Å². The van der Waals surface area contributed by atoms with Gasteiger partial charge >= 0.3 is 0 Å². The third kappa shape index (κ3) is 2.72. The molecule has 2 N–H and O–H groups in total. The zero-order valence-electron chi connectivity index (χ0n) is 10.7. The molecule has 1 heterocycles. The summed E-state index contributed by atoms with van der Waals surface area (Å²) in [5.74, 6) is 5.91. The molecule has 2 rings (SSSR count). The lowest BCUT2D eigenvalue weighted by molar-refractivity contribution is 0.0792. The van der Waals surface area contributed by atoms with Crippen LogP contribution >= 0.6 is 0 Å². The van der Waals surface area contributed by atoms with Crippen molar-refractivity contribution in [1.82, 2.24) is 4.90 Å². The number of likely N-dealkylation sites (tertiary alicyclic amines) is 1. The topological polar surface area (TPSA) is 46.3 Å². The van der Waals surface area contributed by atoms with Crippen molar-refractivity contribution in [3.05, 3.63) is 34.9 Å². The first-order valence-electron chi connectivity index (χ1n) is 6.31. The standard InChI is InChI=1S/C15H18N2O/c1-12-6-7-13(5-4-8-16)11-14(12)15(18)17-9-2-3-10-17/h6-7,11H,2-3,8-10,16H2,1H3. The van der Waals surface area contributed by atoms with E-state index in [1.165, 1.54) is 0 Å². The van der Waals surface area contributed by atoms with Gasteiger partial charge in [-0.15, -0.1) is 0 Å². The summed E-state index contributed by atoms with van der Waals surface area (Å²) in [6.45, 7) is 4.04. The molecule has 0 aliphatic carbocycles. The summed E-state index contributed by atoms with van der Waals surface area (Å²) in [4.78, 5) is 14.3. The minimum Gasteiger partial charge on any atom is -0.339 e. The van der Waals surface area contributed by atoms with Gasteiger partial charge in [-0.2, -0.15) is 0 Å². The monoisotopic (exact) mass is 242 g/mol. The number of nitrogens with two attached hydrogens (primary N) is 1. The molecule has 0 saturated carbocycles. The van der Waals surface area contributed by atoms with Crippen LogP contribution in [0.15, 0.2) is 18.2 Å². The van der Waals surface area contributed by atoms with Crippen molar-refractivity contribution in [2.45, 2.75) is 19.8 Å². The molecule has 3 nitrogen and oxygen atoms in total. The van der Waals surface area contributed by atoms with Gasteiger partial charge < -0.3 is 10.6 Å². The summed E-state index contributed by atoms with van der Waals surface area (Å²) < 4.78 is 0. The number of rotatable bonds is 1. The molecule has 1 aromatic carbocycles. The first-order valence-corrected chi connectivity index (χ1v) is 6.31. The van der Waals surface area contributed by atoms with Gasteiger partial charge in [0.2, 0.25) is 0 Å². The van der Waals surface area contributed by atoms with Gasteiger partial charge in [0.1, 0.15) is 0 Å². The Labute approximate surface area is 108 Å². The maximum Gasteiger partial charge on any atom is 0.254 e. The number of aryl methyl sites for hydroxylation is 1. The lowest BCUT2D eigenvalue weighted by Gasteiger charge is -2.16. The number of benzene rings is 1. The highest BCUT2D eigenvalue weighted by atomic mass is 16.2. The van der Waals surface area contributed by atoms with Gasteiger partial charge in [0.25, 0.3) is 5.91 Å². The van der Waals surface area contributed by atoms with E-state index in [0.717, 1.165) is 42.6 Å². The van der Waals surface area contributed by atoms with E-state index in [0.29, 0.717) is 6.54 Å². The van der Waals surface area contributed by atoms with E-state index in [2.05, 4.69) is 11.8 Å². The Hall–Kier alpha value is -1.79. The molecule has 0 atom stereocenters. The van der Waals surface area contributed by atoms with Gasteiger partial charge in [0, 0.05) is 24.2 Å². The Bertz CT molecular complexity index is 505. The Morgan fingerprint density at radius 3 is 2.78 bits per heavy atom. The number of nitrogens with zero attached hydrogens (tertiary/aromatic N) is 1. The van der Waals surface area contributed by atoms with Crippen LogP contribution in [-0.2, 0) is 0 Å². The van der Waals surface area contributed by atoms with Gasteiger partial charge in [-0.25, -0.2) is 0 Å². The van der Waals surface area contributed by atoms with Crippen molar-refractivity contribution in [2.75, 3.05) is 19.6 Å². The highest BCUT2D eigenvalue weighted by Gasteiger charge is 2.20. The fourth-order valence-electron chi connectivity index (χ4n) is 2.17. The predicted octanol–water partition coefficient (Wildman–Crippen LogP) is 1.54. The number of amides is 1. The lowest BCUT2D eigenvalue weighted by Crippen LogP contribution is -2.28. The average Bonchev–Trinajstić information content (AvgIpc) is 2.91. The molecule has 1 aliphatic rings. The molecule has 0 radical (unpaired) electrons. The second kappa shape index (κ2) is 5.70. The van der Waals surface area contributed by atoms with Crippen LogP contribution in [0.5, 0.6) is 0 Å². The lowest BCUT2D eigenvalue weighted by atomic mass is 10.0. The molecular weight excluding hydrogens is 224 g/mol. The molecule has 1 saturated heterocycles. The second-order valence-corrected chi connectivity index (χ2v) is 4.53. The SMILES string of the molecule is Cc1ccc(C#CCN)cc1C(=O)N1CCCC1. The number of carbonyl (C=O) groups is 1. The zero-order valence-corrected chi connectivity index (χ0v) is 10.7. The van der Waals surface area contributed by atoms with Crippen LogP contribution in [0.3, 0.4) is 0 Å². The summed E-state index contributed by atoms with van der Waals surface area (Å²) in [6.07, 6.45) is 2.22. The smallest absolute Gasteiger partial charge is 0.254 e. The normalized spacial score (nSPS) is 14.2. The van der Waals surface area contributed by atoms with Crippen molar-refractivity contribution < 1.29 is 4.79 Å². The van der Waals surface area contributed by atoms with Crippen LogP contribution in [0.4, 0.5) is 0 Å². The zero-order chi connectivity index (χ0) is 13.0. The van der Waals surface area contributed by atoms with E-state index < -0.39 is 0 Å². The molecule has 1 amide bonds. The van der Waals surface area contributed by atoms with Crippen LogP contribution in [0, 0.1) is 18.8 Å². The van der Waals surface area contributed by atoms with Crippen molar-refractivity contribution in [3.8, 4) is 11.8 Å². The third-order valence-electron chi connectivity index (χ3n) is 3.20. The quantitative estimate of drug-likeness (QED) is 0.759. The molecule has 94 valence electrons. The molecule has 0 bridgehead atoms. The van der Waals surface area contributed by atoms with E-state index >= 15 is 0 Å². The maximum absolute atomic E-state index is 12.3. The van der Waals surface area contributed by atoms with Crippen LogP contribution in [0.25, 0.3) is 0 Å². The van der Waals surface area contributed by atoms with E-state index in [-0.39, 0.29) is 5.91 Å². The van der Waals surface area contributed by atoms with Gasteiger partial charge in [-0.1, -0.05) is 17.9 Å². The first kappa shape index (κ1) is 12.7. The molecule has 0 unspecified atom stereocenters. The van der Waals surface area contributed by atoms with Crippen molar-refractivity contribution >= 4 is 5.91 Å². The van der Waals surface area contributed by atoms with Crippen LogP contribution < -0.4 is 5.73 Å². The fourth-order valence-corrected chi connectivity index (χ4v) is 2.17. The minimum atomic E-state index is 0.126. The summed E-state index contributed by atoms with van der Waals surface area (Å²) in [6, 6.07) is 5.75. The van der Waals surface area contributed by atoms with E-state index in [4.69, 9.17) is 5.73 Å². The number of hydrogen-bond acceptors (Lipinski definition) is 2. The Morgan fingerprint density at radius 2 is 2.11 bits per heavy atom. The first-order chi connectivity index (χ1) is 8.72. The predicted molar refractivity (Wildman–Crippen MR) is 72.2 cm³/mol. The van der Waals surface area contributed by atoms with Gasteiger partial charge in [0.15, 0.2) is 0 Å². The Kier molecular flexibility index (Phi) is 4.01. The third-order valence-corrected chi connectivity index (χ3v) is 3.20. The van der Waals surface area contributed by atoms with E-state index in [1.54, 1.807) is 0 Å². The highest BCUT2D eigenvalue weighted by Crippen LogP contribution is 2.17. The van der Waals surface area contributed by atoms with Crippen molar-refractivity contribution in [2.24, 2.45) is 5.73 Å². The van der Waals surface area contributed by atoms with Gasteiger partial charge in [-0.05, 0) is 37.5 Å². The Balaban J connectivity index is 2.27. The number of hydrogen-bond donors (Lipinski definition) is 1. The van der Waals surface area contributed by atoms with E-state index in [9.17, 15) is 4.79 Å². The Morgan fingerprint density at radius 1 is 1.39 bits per heavy atom.